The van der Waals surface area contributed by atoms with E-state index in [0.29, 0.717) is 0 Å². The van der Waals surface area contributed by atoms with Crippen molar-refractivity contribution >= 4 is 5.97 Å². The zero-order chi connectivity index (χ0) is 13.7. The Balaban J connectivity index is 1.72. The zero-order valence-corrected chi connectivity index (χ0v) is 12.0. The van der Waals surface area contributed by atoms with Gasteiger partial charge in [0.05, 0.1) is 6.10 Å². The van der Waals surface area contributed by atoms with Crippen molar-refractivity contribution in [2.24, 2.45) is 0 Å². The molecule has 0 radical (unpaired) electrons. The van der Waals surface area contributed by atoms with Crippen LogP contribution in [0.15, 0.2) is 23.8 Å². The molecule has 0 aromatic heterocycles. The van der Waals surface area contributed by atoms with Gasteiger partial charge in [0.1, 0.15) is 12.2 Å². The Labute approximate surface area is 115 Å². The predicted octanol–water partition coefficient (Wildman–Crippen LogP) is 3.54. The molecule has 0 bridgehead atoms. The molecule has 3 heteroatoms. The molecule has 0 aliphatic heterocycles. The summed E-state index contributed by atoms with van der Waals surface area (Å²) in [6.45, 7) is 4.22. The quantitative estimate of drug-likeness (QED) is 0.712. The van der Waals surface area contributed by atoms with Crippen LogP contribution in [0.1, 0.15) is 52.4 Å². The van der Waals surface area contributed by atoms with Crippen molar-refractivity contribution in [1.29, 1.82) is 0 Å². The highest BCUT2D eigenvalue weighted by atomic mass is 16.6. The molecule has 0 aromatic carbocycles. The van der Waals surface area contributed by atoms with Crippen LogP contribution >= 0.6 is 0 Å². The van der Waals surface area contributed by atoms with Crippen LogP contribution in [-0.4, -0.2) is 24.3 Å². The lowest BCUT2D eigenvalue weighted by molar-refractivity contribution is -0.164. The van der Waals surface area contributed by atoms with Crippen LogP contribution in [0.2, 0.25) is 0 Å². The maximum atomic E-state index is 11.8. The summed E-state index contributed by atoms with van der Waals surface area (Å²) in [5.41, 5.74) is 1.11. The maximum Gasteiger partial charge on any atom is 0.332 e. The smallest absolute Gasteiger partial charge is 0.332 e. The van der Waals surface area contributed by atoms with E-state index in [9.17, 15) is 4.79 Å². The topological polar surface area (TPSA) is 35.5 Å². The molecule has 0 saturated heterocycles. The molecular weight excluding hydrogens is 240 g/mol. The fraction of sp³-hybridized carbons (Fsp3) is 0.688. The van der Waals surface area contributed by atoms with Gasteiger partial charge in [0.15, 0.2) is 0 Å². The third kappa shape index (κ3) is 4.20. The Kier molecular flexibility index (Phi) is 4.81. The summed E-state index contributed by atoms with van der Waals surface area (Å²) < 4.78 is 11.2. The van der Waals surface area contributed by atoms with Gasteiger partial charge in [0.2, 0.25) is 0 Å². The minimum absolute atomic E-state index is 0.0175. The average molecular weight is 264 g/mol. The molecule has 0 N–H and O–H groups in total. The molecule has 3 nitrogen and oxygen atoms in total. The summed E-state index contributed by atoms with van der Waals surface area (Å²) in [5.74, 6) is -0.231. The fourth-order valence-electron chi connectivity index (χ4n) is 2.79. The van der Waals surface area contributed by atoms with E-state index in [1.54, 1.807) is 0 Å². The molecule has 0 spiro atoms. The highest BCUT2D eigenvalue weighted by Crippen LogP contribution is 2.32. The molecule has 2 aliphatic rings. The maximum absolute atomic E-state index is 11.8. The van der Waals surface area contributed by atoms with Crippen molar-refractivity contribution < 1.29 is 14.3 Å². The Morgan fingerprint density at radius 3 is 2.84 bits per heavy atom. The Bertz CT molecular complexity index is 375. The zero-order valence-electron chi connectivity index (χ0n) is 12.0. The van der Waals surface area contributed by atoms with E-state index in [2.05, 4.69) is 13.0 Å². The third-order valence-electron chi connectivity index (χ3n) is 4.01. The number of allylic oxidation sites excluding steroid dienone is 2. The van der Waals surface area contributed by atoms with Crippen LogP contribution in [0, 0.1) is 0 Å². The molecule has 1 saturated carbocycles. The van der Waals surface area contributed by atoms with Crippen LogP contribution in [-0.2, 0) is 14.3 Å². The van der Waals surface area contributed by atoms with Crippen molar-refractivity contribution in [3.05, 3.63) is 23.8 Å². The summed E-state index contributed by atoms with van der Waals surface area (Å²) in [4.78, 5) is 11.8. The molecule has 0 heterocycles. The van der Waals surface area contributed by atoms with Crippen LogP contribution in [0.4, 0.5) is 0 Å². The van der Waals surface area contributed by atoms with Gasteiger partial charge in [-0.3, -0.25) is 0 Å². The van der Waals surface area contributed by atoms with Gasteiger partial charge in [0, 0.05) is 0 Å². The Hall–Kier alpha value is -1.09. The van der Waals surface area contributed by atoms with Crippen molar-refractivity contribution in [3.63, 3.8) is 0 Å². The largest absolute Gasteiger partial charge is 0.458 e. The summed E-state index contributed by atoms with van der Waals surface area (Å²) in [6, 6.07) is 0. The molecule has 0 amide bonds. The van der Waals surface area contributed by atoms with E-state index in [1.165, 1.54) is 5.57 Å². The fourth-order valence-corrected chi connectivity index (χ4v) is 2.79. The van der Waals surface area contributed by atoms with E-state index < -0.39 is 0 Å². The van der Waals surface area contributed by atoms with Crippen molar-refractivity contribution in [3.8, 4) is 0 Å². The van der Waals surface area contributed by atoms with Gasteiger partial charge >= 0.3 is 5.97 Å². The molecule has 2 rings (SSSR count). The summed E-state index contributed by atoms with van der Waals surface area (Å²) in [6.07, 6.45) is 12.3. The van der Waals surface area contributed by atoms with Crippen molar-refractivity contribution in [1.82, 2.24) is 0 Å². The molecule has 19 heavy (non-hydrogen) atoms. The highest BCUT2D eigenvalue weighted by Gasteiger charge is 2.32. The molecule has 1 atom stereocenters. The normalized spacial score (nSPS) is 25.2. The van der Waals surface area contributed by atoms with E-state index in [4.69, 9.17) is 9.47 Å². The molecule has 2 aliphatic carbocycles. The molecule has 106 valence electrons. The number of hydrogen-bond acceptors (Lipinski definition) is 3. The minimum atomic E-state index is -0.253. The van der Waals surface area contributed by atoms with Gasteiger partial charge in [-0.1, -0.05) is 30.7 Å². The van der Waals surface area contributed by atoms with Gasteiger partial charge in [-0.05, 0) is 45.4 Å². The summed E-state index contributed by atoms with van der Waals surface area (Å²) >= 11 is 0. The van der Waals surface area contributed by atoms with E-state index in [0.717, 1.165) is 38.5 Å². The highest BCUT2D eigenvalue weighted by molar-refractivity contribution is 5.71. The first-order chi connectivity index (χ1) is 9.11. The van der Waals surface area contributed by atoms with Crippen LogP contribution in [0.5, 0.6) is 0 Å². The van der Waals surface area contributed by atoms with E-state index in [-0.39, 0.29) is 24.3 Å². The lowest BCUT2D eigenvalue weighted by atomic mass is 10.0. The van der Waals surface area contributed by atoms with Gasteiger partial charge in [-0.15, -0.1) is 0 Å². The molecule has 0 aromatic rings. The second kappa shape index (κ2) is 6.38. The lowest BCUT2D eigenvalue weighted by Crippen LogP contribution is -2.31. The number of rotatable bonds is 5. The number of carbonyl (C=O) groups excluding carboxylic acids is 1. The monoisotopic (exact) mass is 264 g/mol. The van der Waals surface area contributed by atoms with Crippen molar-refractivity contribution in [2.75, 3.05) is 6.61 Å². The number of ether oxygens (including phenoxy) is 2. The Morgan fingerprint density at radius 2 is 2.16 bits per heavy atom. The molecular formula is C16H24O3. The summed E-state index contributed by atoms with van der Waals surface area (Å²) in [5, 5.41) is 0. The second-order valence-corrected chi connectivity index (χ2v) is 5.75. The first-order valence-electron chi connectivity index (χ1n) is 7.31. The van der Waals surface area contributed by atoms with Crippen LogP contribution in [0.25, 0.3) is 0 Å². The van der Waals surface area contributed by atoms with E-state index >= 15 is 0 Å². The van der Waals surface area contributed by atoms with Crippen molar-refractivity contribution in [2.45, 2.75) is 64.1 Å². The van der Waals surface area contributed by atoms with Crippen LogP contribution < -0.4 is 0 Å². The SMILES string of the molecule is CCC1=CC=CC(OCC(=O)OC2(C)CCCC2)C1. The Morgan fingerprint density at radius 1 is 1.42 bits per heavy atom. The second-order valence-electron chi connectivity index (χ2n) is 5.75. The first-order valence-corrected chi connectivity index (χ1v) is 7.31. The van der Waals surface area contributed by atoms with Gasteiger partial charge in [-0.25, -0.2) is 4.79 Å². The molecule has 1 unspecified atom stereocenters. The number of esters is 1. The van der Waals surface area contributed by atoms with Crippen LogP contribution in [0.3, 0.4) is 0 Å². The standard InChI is InChI=1S/C16H24O3/c1-3-13-7-6-8-14(11-13)18-12-15(17)19-16(2)9-4-5-10-16/h6-8,14H,3-5,9-12H2,1-2H3. The average Bonchev–Trinajstić information content (AvgIpc) is 2.83. The summed E-state index contributed by atoms with van der Waals surface area (Å²) in [7, 11) is 0. The number of carbonyl (C=O) groups is 1. The first kappa shape index (κ1) is 14.3. The van der Waals surface area contributed by atoms with E-state index in [1.807, 2.05) is 19.1 Å². The molecule has 1 fully saturated rings. The predicted molar refractivity (Wildman–Crippen MR) is 74.8 cm³/mol. The minimum Gasteiger partial charge on any atom is -0.458 e. The third-order valence-corrected chi connectivity index (χ3v) is 4.01. The number of hydrogen-bond donors (Lipinski definition) is 0. The lowest BCUT2D eigenvalue weighted by Gasteiger charge is -2.25. The van der Waals surface area contributed by atoms with Gasteiger partial charge < -0.3 is 9.47 Å². The van der Waals surface area contributed by atoms with Gasteiger partial charge in [0.25, 0.3) is 0 Å². The van der Waals surface area contributed by atoms with Gasteiger partial charge in [-0.2, -0.15) is 0 Å².